The first-order valence-electron chi connectivity index (χ1n) is 10.7. The molecule has 3 N–H and O–H groups in total. The number of sulfone groups is 1. The summed E-state index contributed by atoms with van der Waals surface area (Å²) in [6.07, 6.45) is 1.16. The third-order valence-corrected chi connectivity index (χ3v) is 7.33. The van der Waals surface area contributed by atoms with E-state index in [2.05, 4.69) is 20.8 Å². The Morgan fingerprint density at radius 3 is 2.50 bits per heavy atom. The van der Waals surface area contributed by atoms with Crippen LogP contribution in [-0.4, -0.2) is 37.1 Å². The lowest BCUT2D eigenvalue weighted by Crippen LogP contribution is -2.32. The summed E-state index contributed by atoms with van der Waals surface area (Å²) in [5, 5.41) is 15.1. The van der Waals surface area contributed by atoms with Gasteiger partial charge in [-0.1, -0.05) is 56.3 Å². The van der Waals surface area contributed by atoms with Crippen molar-refractivity contribution in [2.24, 2.45) is 0 Å². The third-order valence-electron chi connectivity index (χ3n) is 5.55. The molecule has 0 aliphatic rings. The zero-order valence-electron chi connectivity index (χ0n) is 18.1. The number of benzene rings is 3. The number of rotatable bonds is 8. The van der Waals surface area contributed by atoms with E-state index in [0.717, 1.165) is 18.4 Å². The molecule has 0 bridgehead atoms. The molecule has 0 saturated heterocycles. The number of anilines is 1. The van der Waals surface area contributed by atoms with Crippen molar-refractivity contribution in [3.05, 3.63) is 60.7 Å². The molecule has 4 aromatic rings. The molecule has 7 nitrogen and oxygen atoms in total. The van der Waals surface area contributed by atoms with Gasteiger partial charge < -0.3 is 10.6 Å². The van der Waals surface area contributed by atoms with Crippen LogP contribution in [0.25, 0.3) is 21.7 Å². The summed E-state index contributed by atoms with van der Waals surface area (Å²) in [5.41, 5.74) is 0.894. The van der Waals surface area contributed by atoms with Crippen molar-refractivity contribution in [2.75, 3.05) is 11.9 Å². The first-order valence-corrected chi connectivity index (χ1v) is 12.2. The van der Waals surface area contributed by atoms with Crippen LogP contribution >= 0.6 is 0 Å². The van der Waals surface area contributed by atoms with Crippen molar-refractivity contribution in [1.29, 1.82) is 0 Å². The first kappa shape index (κ1) is 22.0. The molecule has 0 spiro atoms. The van der Waals surface area contributed by atoms with E-state index in [1.807, 2.05) is 38.1 Å². The summed E-state index contributed by atoms with van der Waals surface area (Å²) in [4.78, 5) is 12.8. The SMILES string of the molecule is CCNC(CC)CC(=O)Nc1cccc2c(S(=O)(=O)c3cccc4ccccc34)[nH]nc12. The van der Waals surface area contributed by atoms with E-state index in [1.54, 1.807) is 36.4 Å². The molecular weight excluding hydrogens is 424 g/mol. The fraction of sp³-hybridized carbons (Fsp3) is 0.250. The second kappa shape index (κ2) is 9.10. The molecule has 1 unspecified atom stereocenters. The Bertz CT molecular complexity index is 1370. The fourth-order valence-corrected chi connectivity index (χ4v) is 5.51. The predicted octanol–water partition coefficient (Wildman–Crippen LogP) is 4.27. The lowest BCUT2D eigenvalue weighted by atomic mass is 10.1. The number of carbonyl (C=O) groups excluding carboxylic acids is 1. The number of aromatic amines is 1. The Labute approximate surface area is 187 Å². The Balaban J connectivity index is 1.71. The van der Waals surface area contributed by atoms with Crippen LogP contribution in [0.2, 0.25) is 0 Å². The van der Waals surface area contributed by atoms with E-state index in [0.29, 0.717) is 28.4 Å². The van der Waals surface area contributed by atoms with Crippen LogP contribution in [0.1, 0.15) is 26.7 Å². The second-order valence-corrected chi connectivity index (χ2v) is 9.51. The monoisotopic (exact) mass is 450 g/mol. The van der Waals surface area contributed by atoms with Gasteiger partial charge >= 0.3 is 0 Å². The average molecular weight is 451 g/mol. The minimum Gasteiger partial charge on any atom is -0.324 e. The van der Waals surface area contributed by atoms with E-state index < -0.39 is 9.84 Å². The summed E-state index contributed by atoms with van der Waals surface area (Å²) in [5.74, 6) is -0.147. The number of carbonyl (C=O) groups is 1. The van der Waals surface area contributed by atoms with Crippen molar-refractivity contribution in [3.63, 3.8) is 0 Å². The fourth-order valence-electron chi connectivity index (χ4n) is 3.93. The molecule has 0 radical (unpaired) electrons. The van der Waals surface area contributed by atoms with Crippen molar-refractivity contribution in [3.8, 4) is 0 Å². The highest BCUT2D eigenvalue weighted by Gasteiger charge is 2.26. The molecule has 1 aromatic heterocycles. The summed E-state index contributed by atoms with van der Waals surface area (Å²) in [6.45, 7) is 4.82. The second-order valence-electron chi connectivity index (χ2n) is 7.65. The number of para-hydroxylation sites is 1. The maximum atomic E-state index is 13.5. The molecule has 32 heavy (non-hydrogen) atoms. The molecule has 0 saturated carbocycles. The first-order chi connectivity index (χ1) is 15.5. The van der Waals surface area contributed by atoms with Crippen molar-refractivity contribution in [1.82, 2.24) is 15.5 Å². The highest BCUT2D eigenvalue weighted by Crippen LogP contribution is 2.33. The zero-order chi connectivity index (χ0) is 22.7. The molecule has 1 heterocycles. The van der Waals surface area contributed by atoms with Gasteiger partial charge in [-0.2, -0.15) is 5.10 Å². The van der Waals surface area contributed by atoms with Gasteiger partial charge in [-0.3, -0.25) is 9.89 Å². The van der Waals surface area contributed by atoms with Gasteiger partial charge in [-0.25, -0.2) is 8.42 Å². The van der Waals surface area contributed by atoms with E-state index in [1.165, 1.54) is 0 Å². The van der Waals surface area contributed by atoms with E-state index in [9.17, 15) is 13.2 Å². The Morgan fingerprint density at radius 1 is 1.00 bits per heavy atom. The number of nitrogens with zero attached hydrogens (tertiary/aromatic N) is 1. The van der Waals surface area contributed by atoms with Gasteiger partial charge in [0.2, 0.25) is 15.7 Å². The van der Waals surface area contributed by atoms with Gasteiger partial charge in [0.1, 0.15) is 5.52 Å². The van der Waals surface area contributed by atoms with Gasteiger partial charge in [-0.05, 0) is 36.6 Å². The number of amides is 1. The van der Waals surface area contributed by atoms with Crippen molar-refractivity contribution in [2.45, 2.75) is 42.7 Å². The zero-order valence-corrected chi connectivity index (χ0v) is 18.9. The standard InChI is InChI=1S/C24H26N4O3S/c1-3-17(25-4-2)15-22(29)26-20-13-8-12-19-23(20)27-28-24(19)32(30,31)21-14-7-10-16-9-5-6-11-18(16)21/h5-14,17,25H,3-4,15H2,1-2H3,(H,26,29)(H,27,28). The summed E-state index contributed by atoms with van der Waals surface area (Å²) in [7, 11) is -3.87. The molecule has 0 fully saturated rings. The number of H-pyrrole nitrogens is 1. The lowest BCUT2D eigenvalue weighted by molar-refractivity contribution is -0.116. The summed E-state index contributed by atoms with van der Waals surface area (Å²) in [6, 6.07) is 17.8. The van der Waals surface area contributed by atoms with Crippen LogP contribution in [0, 0.1) is 0 Å². The highest BCUT2D eigenvalue weighted by molar-refractivity contribution is 7.91. The topological polar surface area (TPSA) is 104 Å². The molecule has 1 atom stereocenters. The van der Waals surface area contributed by atoms with Gasteiger partial charge in [0, 0.05) is 23.2 Å². The maximum Gasteiger partial charge on any atom is 0.225 e. The van der Waals surface area contributed by atoms with Gasteiger partial charge in [0.25, 0.3) is 0 Å². The Hall–Kier alpha value is -3.23. The highest BCUT2D eigenvalue weighted by atomic mass is 32.2. The van der Waals surface area contributed by atoms with Crippen LogP contribution in [0.5, 0.6) is 0 Å². The van der Waals surface area contributed by atoms with Crippen LogP contribution in [0.15, 0.2) is 70.6 Å². The van der Waals surface area contributed by atoms with E-state index >= 15 is 0 Å². The quantitative estimate of drug-likeness (QED) is 0.372. The molecule has 0 aliphatic heterocycles. The number of hydrogen-bond donors (Lipinski definition) is 3. The van der Waals surface area contributed by atoms with E-state index in [-0.39, 0.29) is 21.9 Å². The van der Waals surface area contributed by atoms with Crippen LogP contribution in [0.4, 0.5) is 5.69 Å². The number of aromatic nitrogens is 2. The van der Waals surface area contributed by atoms with Crippen LogP contribution < -0.4 is 10.6 Å². The predicted molar refractivity (Wildman–Crippen MR) is 126 cm³/mol. The molecule has 166 valence electrons. The molecule has 8 heteroatoms. The van der Waals surface area contributed by atoms with Crippen LogP contribution in [0.3, 0.4) is 0 Å². The van der Waals surface area contributed by atoms with Crippen molar-refractivity contribution < 1.29 is 13.2 Å². The normalized spacial score (nSPS) is 12.8. The third kappa shape index (κ3) is 4.11. The van der Waals surface area contributed by atoms with Crippen LogP contribution in [-0.2, 0) is 14.6 Å². The molecule has 0 aliphatic carbocycles. The molecule has 4 rings (SSSR count). The molecule has 3 aromatic carbocycles. The average Bonchev–Trinajstić information content (AvgIpc) is 3.24. The number of hydrogen-bond acceptors (Lipinski definition) is 5. The summed E-state index contributed by atoms with van der Waals surface area (Å²) < 4.78 is 27.1. The van der Waals surface area contributed by atoms with Gasteiger partial charge in [0.05, 0.1) is 10.6 Å². The maximum absolute atomic E-state index is 13.5. The number of fused-ring (bicyclic) bond motifs is 2. The van der Waals surface area contributed by atoms with E-state index in [4.69, 9.17) is 0 Å². The largest absolute Gasteiger partial charge is 0.324 e. The molecular formula is C24H26N4O3S. The van der Waals surface area contributed by atoms with Crippen molar-refractivity contribution >= 4 is 43.1 Å². The minimum absolute atomic E-state index is 0.0130. The lowest BCUT2D eigenvalue weighted by Gasteiger charge is -2.15. The van der Waals surface area contributed by atoms with Gasteiger partial charge in [-0.15, -0.1) is 0 Å². The Morgan fingerprint density at radius 2 is 1.72 bits per heavy atom. The minimum atomic E-state index is -3.87. The Kier molecular flexibility index (Phi) is 6.25. The van der Waals surface area contributed by atoms with Gasteiger partial charge in [0.15, 0.2) is 5.03 Å². The smallest absolute Gasteiger partial charge is 0.225 e. The molecule has 1 amide bonds. The summed E-state index contributed by atoms with van der Waals surface area (Å²) >= 11 is 0. The number of nitrogens with one attached hydrogen (secondary N) is 3.